The Balaban J connectivity index is 1.73. The number of amides is 2. The van der Waals surface area contributed by atoms with Crippen molar-refractivity contribution in [2.75, 3.05) is 20.4 Å². The predicted molar refractivity (Wildman–Crippen MR) is 156 cm³/mol. The van der Waals surface area contributed by atoms with Crippen LogP contribution in [0.2, 0.25) is 25.7 Å². The van der Waals surface area contributed by atoms with Crippen LogP contribution in [0.5, 0.6) is 0 Å². The fraction of sp³-hybridized carbons (Fsp3) is 0.370. The molecule has 10 nitrogen and oxygen atoms in total. The monoisotopic (exact) mass is 652 g/mol. The van der Waals surface area contributed by atoms with Crippen molar-refractivity contribution in [1.29, 1.82) is 0 Å². The molecule has 13 heteroatoms. The van der Waals surface area contributed by atoms with E-state index in [1.165, 1.54) is 13.2 Å². The first-order valence-electron chi connectivity index (χ1n) is 12.5. The van der Waals surface area contributed by atoms with Gasteiger partial charge in [0.15, 0.2) is 0 Å². The highest BCUT2D eigenvalue weighted by Gasteiger charge is 2.46. The molecule has 1 fully saturated rings. The summed E-state index contributed by atoms with van der Waals surface area (Å²) >= 11 is 3.40. The molecule has 1 atom stereocenters. The third-order valence-electron chi connectivity index (χ3n) is 6.05. The quantitative estimate of drug-likeness (QED) is 0.159. The van der Waals surface area contributed by atoms with E-state index in [4.69, 9.17) is 14.2 Å². The van der Waals surface area contributed by atoms with Crippen molar-refractivity contribution in [3.8, 4) is 0 Å². The second-order valence-corrected chi connectivity index (χ2v) is 18.9. The molecular formula is C27H33BrN2O8SSi. The topological polar surface area (TPSA) is 128 Å². The Labute approximate surface area is 243 Å². The molecule has 216 valence electrons. The Morgan fingerprint density at radius 2 is 1.85 bits per heavy atom. The van der Waals surface area contributed by atoms with Gasteiger partial charge in [0.2, 0.25) is 15.9 Å². The fourth-order valence-corrected chi connectivity index (χ4v) is 7.14. The molecule has 2 aromatic rings. The summed E-state index contributed by atoms with van der Waals surface area (Å²) in [5, 5.41) is 1.30. The molecule has 2 amide bonds. The van der Waals surface area contributed by atoms with Gasteiger partial charge in [-0.15, -0.1) is 0 Å². The van der Waals surface area contributed by atoms with Crippen molar-refractivity contribution in [3.05, 3.63) is 75.4 Å². The smallest absolute Gasteiger partial charge is 0.412 e. The summed E-state index contributed by atoms with van der Waals surface area (Å²) in [6, 6.07) is 14.6. The minimum atomic E-state index is -3.99. The maximum Gasteiger partial charge on any atom is 0.412 e. The zero-order chi connectivity index (χ0) is 29.5. The van der Waals surface area contributed by atoms with Crippen LogP contribution in [0.15, 0.2) is 58.7 Å². The van der Waals surface area contributed by atoms with E-state index in [-0.39, 0.29) is 25.5 Å². The number of esters is 1. The third kappa shape index (κ3) is 8.50. The van der Waals surface area contributed by atoms with Gasteiger partial charge in [-0.2, -0.15) is 0 Å². The summed E-state index contributed by atoms with van der Waals surface area (Å²) in [5.41, 5.74) is 1.46. The number of rotatable bonds is 11. The van der Waals surface area contributed by atoms with Gasteiger partial charge in [0.05, 0.1) is 13.5 Å². The average molecular weight is 654 g/mol. The number of benzene rings is 2. The largest absolute Gasteiger partial charge is 0.464 e. The van der Waals surface area contributed by atoms with Gasteiger partial charge in [0, 0.05) is 19.2 Å². The molecule has 2 aromatic carbocycles. The highest BCUT2D eigenvalue weighted by atomic mass is 79.9. The van der Waals surface area contributed by atoms with Crippen molar-refractivity contribution in [2.45, 2.75) is 44.0 Å². The van der Waals surface area contributed by atoms with Gasteiger partial charge in [0.1, 0.15) is 24.3 Å². The molecule has 1 saturated heterocycles. The van der Waals surface area contributed by atoms with Crippen molar-refractivity contribution >= 4 is 58.1 Å². The molecule has 3 rings (SSSR count). The first kappa shape index (κ1) is 31.5. The molecule has 1 aliphatic heterocycles. The number of nitrogens with one attached hydrogen (secondary N) is 1. The van der Waals surface area contributed by atoms with Crippen LogP contribution in [0, 0.1) is 0 Å². The van der Waals surface area contributed by atoms with Gasteiger partial charge in [-0.1, -0.05) is 78.0 Å². The molecule has 40 heavy (non-hydrogen) atoms. The summed E-state index contributed by atoms with van der Waals surface area (Å²) < 4.78 is 43.1. The number of halogens is 1. The first-order valence-corrected chi connectivity index (χ1v) is 18.5. The fourth-order valence-electron chi connectivity index (χ4n) is 3.79. The summed E-state index contributed by atoms with van der Waals surface area (Å²) in [6.07, 6.45) is 0.311. The maximum absolute atomic E-state index is 13.2. The number of alkyl carbamates (subject to hydrolysis) is 1. The van der Waals surface area contributed by atoms with Crippen LogP contribution in [0.1, 0.15) is 28.4 Å². The zero-order valence-electron chi connectivity index (χ0n) is 22.8. The Hall–Kier alpha value is -3.00. The maximum atomic E-state index is 13.2. The van der Waals surface area contributed by atoms with Crippen LogP contribution in [-0.2, 0) is 40.4 Å². The van der Waals surface area contributed by atoms with Crippen LogP contribution < -0.4 is 5.32 Å². The second kappa shape index (κ2) is 13.6. The molecule has 0 saturated carbocycles. The number of hydrogen-bond acceptors (Lipinski definition) is 8. The van der Waals surface area contributed by atoms with Gasteiger partial charge in [-0.3, -0.25) is 10.1 Å². The molecule has 0 radical (unpaired) electrons. The highest BCUT2D eigenvalue weighted by Crippen LogP contribution is 2.39. The van der Waals surface area contributed by atoms with Crippen molar-refractivity contribution < 1.29 is 37.0 Å². The predicted octanol–water partition coefficient (Wildman–Crippen LogP) is 4.80. The van der Waals surface area contributed by atoms with Crippen molar-refractivity contribution in [3.63, 3.8) is 0 Å². The lowest BCUT2D eigenvalue weighted by molar-refractivity contribution is -0.136. The molecule has 1 aliphatic rings. The Morgan fingerprint density at radius 1 is 1.15 bits per heavy atom. The van der Waals surface area contributed by atoms with Crippen molar-refractivity contribution in [2.24, 2.45) is 0 Å². The number of ether oxygens (including phenoxy) is 3. The number of methoxy groups -OCH3 is 1. The minimum absolute atomic E-state index is 0.0102. The van der Waals surface area contributed by atoms with E-state index < -0.39 is 41.3 Å². The van der Waals surface area contributed by atoms with Gasteiger partial charge < -0.3 is 14.2 Å². The molecule has 0 aromatic heterocycles. The third-order valence-corrected chi connectivity index (χ3v) is 10.5. The van der Waals surface area contributed by atoms with Crippen LogP contribution >= 0.6 is 15.9 Å². The van der Waals surface area contributed by atoms with E-state index in [0.29, 0.717) is 22.2 Å². The summed E-state index contributed by atoms with van der Waals surface area (Å²) in [5.74, 6) is -1.33. The van der Waals surface area contributed by atoms with Crippen LogP contribution in [0.4, 0.5) is 4.79 Å². The lowest BCUT2D eigenvalue weighted by atomic mass is 10.1. The normalized spacial score (nSPS) is 17.0. The molecular weight excluding hydrogens is 620 g/mol. The van der Waals surface area contributed by atoms with E-state index in [9.17, 15) is 22.8 Å². The van der Waals surface area contributed by atoms with E-state index in [1.54, 1.807) is 30.3 Å². The molecule has 1 N–H and O–H groups in total. The SMILES string of the molecule is COC(=O)C(=Cc1ccc(C2CC(=O)N(COCC[Si](C)(C)C)S2(=O)=O)c(Br)c1)NC(=O)OCc1ccccc1. The number of nitrogens with zero attached hydrogens (tertiary/aromatic N) is 1. The lowest BCUT2D eigenvalue weighted by Gasteiger charge is -2.20. The van der Waals surface area contributed by atoms with E-state index in [2.05, 4.69) is 40.9 Å². The number of hydrogen-bond donors (Lipinski definition) is 1. The van der Waals surface area contributed by atoms with E-state index >= 15 is 0 Å². The average Bonchev–Trinajstić information content (AvgIpc) is 3.12. The van der Waals surface area contributed by atoms with Crippen LogP contribution in [-0.4, -0.2) is 59.2 Å². The van der Waals surface area contributed by atoms with Gasteiger partial charge in [-0.25, -0.2) is 22.3 Å². The van der Waals surface area contributed by atoms with Crippen molar-refractivity contribution in [1.82, 2.24) is 9.62 Å². The standard InChI is InChI=1S/C27H33BrN2O8SSi/c1-36-26(32)23(29-27(33)38-17-19-8-6-5-7-9-19)15-20-10-11-21(22(28)14-20)24-16-25(31)30(39(24,34)35)18-37-12-13-40(2,3)4/h5-11,14-15,24H,12-13,16-18H2,1-4H3,(H,29,33). The molecule has 1 heterocycles. The molecule has 0 spiro atoms. The zero-order valence-corrected chi connectivity index (χ0v) is 26.2. The summed E-state index contributed by atoms with van der Waals surface area (Å²) in [6.45, 7) is 6.64. The molecule has 0 aliphatic carbocycles. The first-order chi connectivity index (χ1) is 18.8. The lowest BCUT2D eigenvalue weighted by Crippen LogP contribution is -2.33. The Bertz CT molecular complexity index is 1380. The number of carbonyl (C=O) groups is 3. The van der Waals surface area contributed by atoms with E-state index in [0.717, 1.165) is 15.9 Å². The van der Waals surface area contributed by atoms with Crippen LogP contribution in [0.3, 0.4) is 0 Å². The molecule has 0 bridgehead atoms. The number of carbonyl (C=O) groups excluding carboxylic acids is 3. The minimum Gasteiger partial charge on any atom is -0.464 e. The van der Waals surface area contributed by atoms with Gasteiger partial charge in [-0.05, 0) is 34.9 Å². The summed E-state index contributed by atoms with van der Waals surface area (Å²) in [4.78, 5) is 37.2. The van der Waals surface area contributed by atoms with Gasteiger partial charge in [0.25, 0.3) is 0 Å². The Morgan fingerprint density at radius 3 is 2.48 bits per heavy atom. The summed E-state index contributed by atoms with van der Waals surface area (Å²) in [7, 11) is -4.18. The Kier molecular flexibility index (Phi) is 10.7. The molecule has 1 unspecified atom stereocenters. The van der Waals surface area contributed by atoms with Crippen LogP contribution in [0.25, 0.3) is 6.08 Å². The van der Waals surface area contributed by atoms with Gasteiger partial charge >= 0.3 is 12.1 Å². The number of sulfonamides is 1. The highest BCUT2D eigenvalue weighted by molar-refractivity contribution is 9.10. The second-order valence-electron chi connectivity index (χ2n) is 10.3. The van der Waals surface area contributed by atoms with E-state index in [1.807, 2.05) is 18.2 Å².